The second-order valence-corrected chi connectivity index (χ2v) is 10.1. The molecular formula is C24H32N2O5S. The van der Waals surface area contributed by atoms with Crippen molar-refractivity contribution in [3.63, 3.8) is 0 Å². The molecule has 1 heterocycles. The molecule has 2 aromatic carbocycles. The fourth-order valence-electron chi connectivity index (χ4n) is 3.95. The molecule has 0 spiro atoms. The number of hydrogen-bond acceptors (Lipinski definition) is 5. The zero-order valence-corrected chi connectivity index (χ0v) is 19.6. The van der Waals surface area contributed by atoms with E-state index in [0.29, 0.717) is 50.4 Å². The molecule has 1 aliphatic heterocycles. The summed E-state index contributed by atoms with van der Waals surface area (Å²) in [7, 11) is -0.145. The van der Waals surface area contributed by atoms with Crippen LogP contribution in [0.5, 0.6) is 11.5 Å². The van der Waals surface area contributed by atoms with Crippen molar-refractivity contribution in [3.8, 4) is 11.5 Å². The average molecular weight is 461 g/mol. The van der Waals surface area contributed by atoms with Crippen LogP contribution in [0.25, 0.3) is 0 Å². The third-order valence-electron chi connectivity index (χ3n) is 5.84. The Morgan fingerprint density at radius 2 is 1.69 bits per heavy atom. The van der Waals surface area contributed by atoms with E-state index in [2.05, 4.69) is 5.32 Å². The van der Waals surface area contributed by atoms with Gasteiger partial charge in [0.15, 0.2) is 11.5 Å². The molecule has 1 aliphatic rings. The normalized spacial score (nSPS) is 15.3. The highest BCUT2D eigenvalue weighted by atomic mass is 32.2. The van der Waals surface area contributed by atoms with E-state index in [9.17, 15) is 13.2 Å². The van der Waals surface area contributed by atoms with Gasteiger partial charge in [-0.15, -0.1) is 0 Å². The predicted octanol–water partition coefficient (Wildman–Crippen LogP) is 2.99. The lowest BCUT2D eigenvalue weighted by Crippen LogP contribution is -2.43. The Bertz CT molecular complexity index is 987. The van der Waals surface area contributed by atoms with E-state index in [1.165, 1.54) is 4.31 Å². The molecule has 3 rings (SSSR count). The maximum absolute atomic E-state index is 12.7. The standard InChI is InChI=1S/C24H32N2O5S/c1-30-22-11-10-20(17-23(22)31-2)18-25-24(27)21-12-14-26(15-13-21)32(28,29)16-6-9-19-7-4-3-5-8-19/h3-5,7-8,10-11,17,21H,6,9,12-16,18H2,1-2H3,(H,25,27). The second-order valence-electron chi connectivity index (χ2n) is 7.99. The molecule has 0 aliphatic carbocycles. The smallest absolute Gasteiger partial charge is 0.223 e. The molecule has 7 nitrogen and oxygen atoms in total. The van der Waals surface area contributed by atoms with Crippen LogP contribution in [0.2, 0.25) is 0 Å². The minimum absolute atomic E-state index is 0.0408. The Balaban J connectivity index is 1.43. The first-order valence-electron chi connectivity index (χ1n) is 10.9. The van der Waals surface area contributed by atoms with Crippen molar-refractivity contribution in [1.82, 2.24) is 9.62 Å². The summed E-state index contributed by atoms with van der Waals surface area (Å²) in [6.45, 7) is 1.17. The predicted molar refractivity (Wildman–Crippen MR) is 124 cm³/mol. The highest BCUT2D eigenvalue weighted by Gasteiger charge is 2.30. The molecule has 1 amide bonds. The molecule has 0 unspecified atom stereocenters. The second kappa shape index (κ2) is 11.3. The van der Waals surface area contributed by atoms with Gasteiger partial charge in [0, 0.05) is 25.6 Å². The number of methoxy groups -OCH3 is 2. The van der Waals surface area contributed by atoms with Gasteiger partial charge in [0.2, 0.25) is 15.9 Å². The Kier molecular flexibility index (Phi) is 8.53. The van der Waals surface area contributed by atoms with Crippen LogP contribution in [-0.4, -0.2) is 51.7 Å². The van der Waals surface area contributed by atoms with Gasteiger partial charge < -0.3 is 14.8 Å². The summed E-state index contributed by atoms with van der Waals surface area (Å²) in [5.74, 6) is 1.18. The Labute approximate surface area is 190 Å². The summed E-state index contributed by atoms with van der Waals surface area (Å²) in [4.78, 5) is 12.6. The minimum atomic E-state index is -3.30. The largest absolute Gasteiger partial charge is 0.493 e. The van der Waals surface area contributed by atoms with Crippen LogP contribution in [0.15, 0.2) is 48.5 Å². The minimum Gasteiger partial charge on any atom is -0.493 e. The van der Waals surface area contributed by atoms with E-state index in [0.717, 1.165) is 17.5 Å². The number of nitrogens with zero attached hydrogens (tertiary/aromatic N) is 1. The van der Waals surface area contributed by atoms with Crippen molar-refractivity contribution in [1.29, 1.82) is 0 Å². The van der Waals surface area contributed by atoms with Gasteiger partial charge in [-0.1, -0.05) is 36.4 Å². The molecule has 174 valence electrons. The number of piperidine rings is 1. The van der Waals surface area contributed by atoms with Gasteiger partial charge in [-0.05, 0) is 48.9 Å². The number of aryl methyl sites for hydroxylation is 1. The highest BCUT2D eigenvalue weighted by Crippen LogP contribution is 2.27. The van der Waals surface area contributed by atoms with Gasteiger partial charge in [-0.2, -0.15) is 0 Å². The van der Waals surface area contributed by atoms with Crippen molar-refractivity contribution in [3.05, 3.63) is 59.7 Å². The maximum Gasteiger partial charge on any atom is 0.223 e. The first-order valence-corrected chi connectivity index (χ1v) is 12.5. The molecule has 0 atom stereocenters. The Hall–Kier alpha value is -2.58. The van der Waals surface area contributed by atoms with Crippen molar-refractivity contribution in [2.75, 3.05) is 33.1 Å². The summed E-state index contributed by atoms with van der Waals surface area (Å²) in [5.41, 5.74) is 2.06. The number of benzene rings is 2. The number of nitrogens with one attached hydrogen (secondary N) is 1. The van der Waals surface area contributed by atoms with Crippen LogP contribution in [0.4, 0.5) is 0 Å². The van der Waals surface area contributed by atoms with Crippen molar-refractivity contribution < 1.29 is 22.7 Å². The maximum atomic E-state index is 12.7. The topological polar surface area (TPSA) is 84.9 Å². The summed E-state index contributed by atoms with van der Waals surface area (Å²) < 4.78 is 37.4. The van der Waals surface area contributed by atoms with E-state index in [4.69, 9.17) is 9.47 Å². The average Bonchev–Trinajstić information content (AvgIpc) is 2.83. The fourth-order valence-corrected chi connectivity index (χ4v) is 5.49. The summed E-state index contributed by atoms with van der Waals surface area (Å²) in [5, 5.41) is 2.96. The van der Waals surface area contributed by atoms with Gasteiger partial charge in [0.05, 0.1) is 20.0 Å². The molecular weight excluding hydrogens is 428 g/mol. The van der Waals surface area contributed by atoms with E-state index < -0.39 is 10.0 Å². The van der Waals surface area contributed by atoms with Gasteiger partial charge in [-0.3, -0.25) is 4.79 Å². The SMILES string of the molecule is COc1ccc(CNC(=O)C2CCN(S(=O)(=O)CCCc3ccccc3)CC2)cc1OC. The number of carbonyl (C=O) groups is 1. The van der Waals surface area contributed by atoms with Gasteiger partial charge in [0.25, 0.3) is 0 Å². The van der Waals surface area contributed by atoms with Crippen molar-refractivity contribution in [2.45, 2.75) is 32.2 Å². The molecule has 0 saturated carbocycles. The lowest BCUT2D eigenvalue weighted by atomic mass is 9.97. The number of rotatable bonds is 10. The summed E-state index contributed by atoms with van der Waals surface area (Å²) in [6.07, 6.45) is 2.42. The van der Waals surface area contributed by atoms with Crippen LogP contribution in [0.1, 0.15) is 30.4 Å². The number of sulfonamides is 1. The molecule has 1 N–H and O–H groups in total. The highest BCUT2D eigenvalue weighted by molar-refractivity contribution is 7.89. The van der Waals surface area contributed by atoms with Crippen LogP contribution >= 0.6 is 0 Å². The van der Waals surface area contributed by atoms with E-state index in [1.807, 2.05) is 48.5 Å². The molecule has 0 aromatic heterocycles. The molecule has 32 heavy (non-hydrogen) atoms. The molecule has 0 radical (unpaired) electrons. The lowest BCUT2D eigenvalue weighted by molar-refractivity contribution is -0.126. The van der Waals surface area contributed by atoms with E-state index in [-0.39, 0.29) is 17.6 Å². The number of carbonyl (C=O) groups excluding carboxylic acids is 1. The zero-order valence-electron chi connectivity index (χ0n) is 18.7. The van der Waals surface area contributed by atoms with E-state index in [1.54, 1.807) is 14.2 Å². The fraction of sp³-hybridized carbons (Fsp3) is 0.458. The van der Waals surface area contributed by atoms with Crippen LogP contribution in [-0.2, 0) is 27.8 Å². The number of hydrogen-bond donors (Lipinski definition) is 1. The lowest BCUT2D eigenvalue weighted by Gasteiger charge is -2.30. The Morgan fingerprint density at radius 3 is 2.34 bits per heavy atom. The first kappa shape index (κ1) is 24.1. The van der Waals surface area contributed by atoms with Gasteiger partial charge in [-0.25, -0.2) is 12.7 Å². The van der Waals surface area contributed by atoms with Crippen LogP contribution < -0.4 is 14.8 Å². The van der Waals surface area contributed by atoms with Crippen LogP contribution in [0.3, 0.4) is 0 Å². The van der Waals surface area contributed by atoms with Crippen molar-refractivity contribution in [2.24, 2.45) is 5.92 Å². The van der Waals surface area contributed by atoms with Crippen molar-refractivity contribution >= 4 is 15.9 Å². The number of ether oxygens (including phenoxy) is 2. The van der Waals surface area contributed by atoms with Gasteiger partial charge >= 0.3 is 0 Å². The molecule has 1 fully saturated rings. The van der Waals surface area contributed by atoms with Gasteiger partial charge in [0.1, 0.15) is 0 Å². The molecule has 2 aromatic rings. The molecule has 0 bridgehead atoms. The quantitative estimate of drug-likeness (QED) is 0.589. The first-order chi connectivity index (χ1) is 15.4. The zero-order chi connectivity index (χ0) is 23.0. The van der Waals surface area contributed by atoms with Crippen LogP contribution in [0, 0.1) is 5.92 Å². The number of amides is 1. The van der Waals surface area contributed by atoms with E-state index >= 15 is 0 Å². The molecule has 8 heteroatoms. The molecule has 1 saturated heterocycles. The monoisotopic (exact) mass is 460 g/mol. The Morgan fingerprint density at radius 1 is 1.00 bits per heavy atom. The third kappa shape index (κ3) is 6.46. The third-order valence-corrected chi connectivity index (χ3v) is 7.80. The summed E-state index contributed by atoms with van der Waals surface area (Å²) in [6, 6.07) is 15.4. The summed E-state index contributed by atoms with van der Waals surface area (Å²) >= 11 is 0.